The minimum Gasteiger partial charge on any atom is -0.251 e. The van der Waals surface area contributed by atoms with Crippen LogP contribution in [0, 0.1) is 30.6 Å². The number of rotatable bonds is 4. The molecule has 0 saturated heterocycles. The molecular weight excluding hydrogens is 284 g/mol. The van der Waals surface area contributed by atoms with Crippen LogP contribution in [0.25, 0.3) is 0 Å². The van der Waals surface area contributed by atoms with Crippen LogP contribution in [-0.4, -0.2) is 5.26 Å². The van der Waals surface area contributed by atoms with Crippen LogP contribution in [0.4, 0.5) is 0 Å². The van der Waals surface area contributed by atoms with Gasteiger partial charge >= 0.3 is 0 Å². The van der Waals surface area contributed by atoms with Crippen molar-refractivity contribution in [1.29, 1.82) is 0 Å². The zero-order chi connectivity index (χ0) is 16.2. The van der Waals surface area contributed by atoms with Crippen LogP contribution in [0.5, 0.6) is 0 Å². The van der Waals surface area contributed by atoms with E-state index in [-0.39, 0.29) is 6.10 Å². The van der Waals surface area contributed by atoms with Crippen LogP contribution in [0.15, 0.2) is 24.3 Å². The zero-order valence-electron chi connectivity index (χ0n) is 14.7. The molecule has 3 rings (SSSR count). The summed E-state index contributed by atoms with van der Waals surface area (Å²) in [5.41, 5.74) is 2.37. The van der Waals surface area contributed by atoms with Crippen molar-refractivity contribution in [3.05, 3.63) is 35.4 Å². The number of hydrogen-bond acceptors (Lipinski definition) is 2. The molecule has 1 N–H and O–H groups in total. The highest BCUT2D eigenvalue weighted by Gasteiger charge is 2.33. The van der Waals surface area contributed by atoms with Crippen molar-refractivity contribution < 1.29 is 10.1 Å². The summed E-state index contributed by atoms with van der Waals surface area (Å²) in [4.78, 5) is 4.91. The summed E-state index contributed by atoms with van der Waals surface area (Å²) < 4.78 is 0. The Labute approximate surface area is 141 Å². The number of hydrogen-bond donors (Lipinski definition) is 1. The highest BCUT2D eigenvalue weighted by Crippen LogP contribution is 2.44. The quantitative estimate of drug-likeness (QED) is 0.532. The summed E-state index contributed by atoms with van der Waals surface area (Å²) in [5.74, 6) is 3.27. The molecule has 0 aromatic heterocycles. The van der Waals surface area contributed by atoms with Gasteiger partial charge in [-0.3, -0.25) is 5.26 Å². The van der Waals surface area contributed by atoms with Crippen molar-refractivity contribution in [1.82, 2.24) is 0 Å². The molecule has 2 fully saturated rings. The average Bonchev–Trinajstić information content (AvgIpc) is 2.59. The van der Waals surface area contributed by atoms with E-state index in [0.717, 1.165) is 23.3 Å². The predicted octanol–water partition coefficient (Wildman–Crippen LogP) is 6.16. The van der Waals surface area contributed by atoms with Crippen molar-refractivity contribution in [3.8, 4) is 0 Å². The lowest BCUT2D eigenvalue weighted by Crippen LogP contribution is -2.27. The lowest BCUT2D eigenvalue weighted by molar-refractivity contribution is -0.296. The fourth-order valence-corrected chi connectivity index (χ4v) is 4.85. The maximum atomic E-state index is 9.44. The van der Waals surface area contributed by atoms with E-state index in [2.05, 4.69) is 38.1 Å². The smallest absolute Gasteiger partial charge is 0.120 e. The van der Waals surface area contributed by atoms with Crippen molar-refractivity contribution in [2.45, 2.75) is 71.3 Å². The van der Waals surface area contributed by atoms with Gasteiger partial charge in [-0.1, -0.05) is 49.6 Å². The molecule has 1 atom stereocenters. The molecule has 2 nitrogen and oxygen atoms in total. The van der Waals surface area contributed by atoms with Crippen molar-refractivity contribution in [2.75, 3.05) is 0 Å². The molecule has 0 spiro atoms. The molecule has 0 heterocycles. The molecule has 0 aliphatic heterocycles. The molecule has 1 aromatic rings. The van der Waals surface area contributed by atoms with Gasteiger partial charge in [0.2, 0.25) is 0 Å². The van der Waals surface area contributed by atoms with Crippen LogP contribution >= 0.6 is 0 Å². The third-order valence-corrected chi connectivity index (χ3v) is 6.49. The summed E-state index contributed by atoms with van der Waals surface area (Å²) >= 11 is 0. The highest BCUT2D eigenvalue weighted by molar-refractivity contribution is 5.23. The fraction of sp³-hybridized carbons (Fsp3) is 0.714. The van der Waals surface area contributed by atoms with Gasteiger partial charge in [0, 0.05) is 0 Å². The van der Waals surface area contributed by atoms with E-state index in [0.29, 0.717) is 5.92 Å². The van der Waals surface area contributed by atoms with E-state index in [1.54, 1.807) is 0 Å². The van der Waals surface area contributed by atoms with E-state index < -0.39 is 0 Å². The second-order valence-corrected chi connectivity index (χ2v) is 8.13. The summed E-state index contributed by atoms with van der Waals surface area (Å²) in [5, 5.41) is 9.44. The van der Waals surface area contributed by atoms with Crippen molar-refractivity contribution in [2.24, 2.45) is 23.7 Å². The average molecular weight is 316 g/mol. The molecule has 0 bridgehead atoms. The molecular formula is C21H32O2. The predicted molar refractivity (Wildman–Crippen MR) is 94.2 cm³/mol. The summed E-state index contributed by atoms with van der Waals surface area (Å²) in [6, 6.07) is 8.42. The van der Waals surface area contributed by atoms with Crippen LogP contribution < -0.4 is 0 Å². The Kier molecular flexibility index (Phi) is 5.76. The largest absolute Gasteiger partial charge is 0.251 e. The van der Waals surface area contributed by atoms with Crippen LogP contribution in [0.1, 0.15) is 75.5 Å². The van der Waals surface area contributed by atoms with E-state index in [1.807, 2.05) is 0 Å². The second kappa shape index (κ2) is 7.81. The number of aryl methyl sites for hydroxylation is 1. The summed E-state index contributed by atoms with van der Waals surface area (Å²) in [6.45, 7) is 4.49. The molecule has 1 aromatic carbocycles. The molecule has 2 aliphatic carbocycles. The van der Waals surface area contributed by atoms with Gasteiger partial charge in [0.05, 0.1) is 0 Å². The zero-order valence-corrected chi connectivity index (χ0v) is 14.7. The molecule has 0 amide bonds. The molecule has 2 heteroatoms. The third-order valence-electron chi connectivity index (χ3n) is 6.49. The Hall–Kier alpha value is -0.860. The Morgan fingerprint density at radius 2 is 1.39 bits per heavy atom. The van der Waals surface area contributed by atoms with E-state index in [4.69, 9.17) is 4.89 Å². The van der Waals surface area contributed by atoms with Gasteiger partial charge in [0.25, 0.3) is 0 Å². The van der Waals surface area contributed by atoms with Gasteiger partial charge in [0.15, 0.2) is 0 Å². The fourth-order valence-electron chi connectivity index (χ4n) is 4.85. The first-order valence-electron chi connectivity index (χ1n) is 9.54. The molecule has 2 saturated carbocycles. The van der Waals surface area contributed by atoms with E-state index in [9.17, 15) is 5.26 Å². The lowest BCUT2D eigenvalue weighted by atomic mass is 9.68. The highest BCUT2D eigenvalue weighted by atomic mass is 17.1. The monoisotopic (exact) mass is 316 g/mol. The van der Waals surface area contributed by atoms with Gasteiger partial charge in [-0.05, 0) is 74.7 Å². The SMILES string of the molecule is Cc1ccc(C(OO)C2CCC(C3CCC(C)CC3)CC2)cc1. The molecule has 1 unspecified atom stereocenters. The first-order chi connectivity index (χ1) is 11.2. The Morgan fingerprint density at radius 1 is 0.870 bits per heavy atom. The topological polar surface area (TPSA) is 29.5 Å². The molecule has 23 heavy (non-hydrogen) atoms. The Morgan fingerprint density at radius 3 is 1.91 bits per heavy atom. The van der Waals surface area contributed by atoms with E-state index >= 15 is 0 Å². The second-order valence-electron chi connectivity index (χ2n) is 8.13. The molecule has 128 valence electrons. The summed E-state index contributed by atoms with van der Waals surface area (Å²) in [6.07, 6.45) is 10.6. The first kappa shape index (κ1) is 17.0. The lowest BCUT2D eigenvalue weighted by Gasteiger charge is -2.38. The standard InChI is InChI=1S/C21H32O2/c1-15-3-7-17(8-4-15)18-11-13-20(14-12-18)21(23-22)19-9-5-16(2)6-10-19/h5-6,9-10,15,17-18,20-22H,3-4,7-8,11-14H2,1-2H3. The van der Waals surface area contributed by atoms with Gasteiger partial charge in [0.1, 0.15) is 6.10 Å². The Bertz CT molecular complexity index is 465. The normalized spacial score (nSPS) is 33.3. The maximum absolute atomic E-state index is 9.44. The van der Waals surface area contributed by atoms with Crippen LogP contribution in [-0.2, 0) is 4.89 Å². The van der Waals surface area contributed by atoms with Crippen molar-refractivity contribution >= 4 is 0 Å². The maximum Gasteiger partial charge on any atom is 0.120 e. The molecule has 2 aliphatic rings. The third kappa shape index (κ3) is 4.16. The van der Waals surface area contributed by atoms with Crippen LogP contribution in [0.2, 0.25) is 0 Å². The molecule has 0 radical (unpaired) electrons. The van der Waals surface area contributed by atoms with Crippen LogP contribution in [0.3, 0.4) is 0 Å². The van der Waals surface area contributed by atoms with Gasteiger partial charge in [-0.25, -0.2) is 4.89 Å². The van der Waals surface area contributed by atoms with Gasteiger partial charge in [-0.2, -0.15) is 0 Å². The van der Waals surface area contributed by atoms with E-state index in [1.165, 1.54) is 56.9 Å². The van der Waals surface area contributed by atoms with Gasteiger partial charge < -0.3 is 0 Å². The Balaban J connectivity index is 1.56. The summed E-state index contributed by atoms with van der Waals surface area (Å²) in [7, 11) is 0. The minimum absolute atomic E-state index is 0.150. The van der Waals surface area contributed by atoms with Crippen molar-refractivity contribution in [3.63, 3.8) is 0 Å². The van der Waals surface area contributed by atoms with Gasteiger partial charge in [-0.15, -0.1) is 0 Å². The minimum atomic E-state index is -0.150. The first-order valence-corrected chi connectivity index (χ1v) is 9.54. The number of benzene rings is 1.